The molecule has 0 radical (unpaired) electrons. The molecular weight excluding hydrogens is 411 g/mol. The molecule has 0 bridgehead atoms. The lowest BCUT2D eigenvalue weighted by Gasteiger charge is -2.31. The number of halogens is 1. The minimum absolute atomic E-state index is 0.0108. The van der Waals surface area contributed by atoms with E-state index in [4.69, 9.17) is 9.40 Å². The van der Waals surface area contributed by atoms with Crippen LogP contribution in [0.3, 0.4) is 0 Å². The third-order valence-corrected chi connectivity index (χ3v) is 5.93. The summed E-state index contributed by atoms with van der Waals surface area (Å²) in [5, 5.41) is 10.9. The summed E-state index contributed by atoms with van der Waals surface area (Å²) in [6, 6.07) is 10.4. The molecule has 5 rings (SSSR count). The van der Waals surface area contributed by atoms with Gasteiger partial charge < -0.3 is 9.32 Å². The number of carbonyl (C=O) groups excluding carboxylic acids is 1. The van der Waals surface area contributed by atoms with E-state index in [0.29, 0.717) is 41.3 Å². The number of piperidine rings is 1. The largest absolute Gasteiger partial charge is 0.440 e. The molecule has 164 valence electrons. The fraction of sp³-hybridized carbons (Fsp3) is 0.348. The molecule has 1 aliphatic rings. The number of likely N-dealkylation sites (tertiary alicyclic amines) is 1. The van der Waals surface area contributed by atoms with E-state index in [2.05, 4.69) is 15.5 Å². The fourth-order valence-corrected chi connectivity index (χ4v) is 4.16. The minimum Gasteiger partial charge on any atom is -0.440 e. The first-order valence-electron chi connectivity index (χ1n) is 10.7. The van der Waals surface area contributed by atoms with Gasteiger partial charge in [0.1, 0.15) is 17.7 Å². The molecule has 1 saturated heterocycles. The van der Waals surface area contributed by atoms with Crippen LogP contribution < -0.4 is 0 Å². The highest BCUT2D eigenvalue weighted by Crippen LogP contribution is 2.33. The first-order valence-corrected chi connectivity index (χ1v) is 10.7. The highest BCUT2D eigenvalue weighted by Gasteiger charge is 2.28. The van der Waals surface area contributed by atoms with Crippen LogP contribution in [0.4, 0.5) is 4.39 Å². The molecule has 0 N–H and O–H groups in total. The Morgan fingerprint density at radius 3 is 2.66 bits per heavy atom. The maximum atomic E-state index is 14.8. The molecule has 2 aromatic heterocycles. The number of oxazole rings is 1. The zero-order valence-corrected chi connectivity index (χ0v) is 17.9. The lowest BCUT2D eigenvalue weighted by Crippen LogP contribution is -2.40. The Morgan fingerprint density at radius 1 is 1.16 bits per heavy atom. The Bertz CT molecular complexity index is 1260. The molecule has 8 nitrogen and oxygen atoms in total. The average molecular weight is 434 g/mol. The van der Waals surface area contributed by atoms with Crippen LogP contribution in [0.5, 0.6) is 0 Å². The van der Waals surface area contributed by atoms with Crippen LogP contribution in [-0.2, 0) is 4.79 Å². The number of nitrogens with zero attached hydrogens (tertiary/aromatic N) is 6. The Hall–Kier alpha value is -3.62. The molecule has 0 unspecified atom stereocenters. The maximum absolute atomic E-state index is 14.8. The summed E-state index contributed by atoms with van der Waals surface area (Å²) in [6.07, 6.45) is 3.07. The summed E-state index contributed by atoms with van der Waals surface area (Å²) in [7, 11) is 0. The van der Waals surface area contributed by atoms with Gasteiger partial charge in [-0.3, -0.25) is 4.79 Å². The van der Waals surface area contributed by atoms with Gasteiger partial charge in [0, 0.05) is 36.6 Å². The first kappa shape index (κ1) is 20.3. The Labute approximate surface area is 184 Å². The number of carbonyl (C=O) groups is 1. The van der Waals surface area contributed by atoms with Crippen molar-refractivity contribution in [1.29, 1.82) is 0 Å². The number of fused-ring (bicyclic) bond motifs is 1. The van der Waals surface area contributed by atoms with Gasteiger partial charge in [-0.1, -0.05) is 19.9 Å². The molecule has 1 aliphatic heterocycles. The zero-order valence-electron chi connectivity index (χ0n) is 17.9. The van der Waals surface area contributed by atoms with Crippen molar-refractivity contribution in [2.45, 2.75) is 32.6 Å². The van der Waals surface area contributed by atoms with Gasteiger partial charge in [-0.05, 0) is 53.1 Å². The second kappa shape index (κ2) is 8.14. The molecule has 2 aromatic carbocycles. The lowest BCUT2D eigenvalue weighted by atomic mass is 9.96. The molecular formula is C23H23FN6O2. The molecule has 1 amide bonds. The number of amides is 1. The maximum Gasteiger partial charge on any atom is 0.225 e. The summed E-state index contributed by atoms with van der Waals surface area (Å²) >= 11 is 0. The van der Waals surface area contributed by atoms with Crippen molar-refractivity contribution in [1.82, 2.24) is 30.1 Å². The third-order valence-electron chi connectivity index (χ3n) is 5.93. The van der Waals surface area contributed by atoms with Crippen LogP contribution in [-0.4, -0.2) is 49.1 Å². The van der Waals surface area contributed by atoms with E-state index >= 15 is 0 Å². The zero-order chi connectivity index (χ0) is 22.2. The highest BCUT2D eigenvalue weighted by atomic mass is 19.1. The number of aromatic nitrogens is 5. The van der Waals surface area contributed by atoms with Gasteiger partial charge in [0.25, 0.3) is 0 Å². The van der Waals surface area contributed by atoms with Gasteiger partial charge in [0.2, 0.25) is 5.91 Å². The predicted octanol–water partition coefficient (Wildman–Crippen LogP) is 3.97. The number of hydrogen-bond acceptors (Lipinski definition) is 6. The highest BCUT2D eigenvalue weighted by molar-refractivity contribution is 5.81. The quantitative estimate of drug-likeness (QED) is 0.483. The van der Waals surface area contributed by atoms with Crippen LogP contribution in [0.25, 0.3) is 27.9 Å². The average Bonchev–Trinajstić information content (AvgIpc) is 3.48. The van der Waals surface area contributed by atoms with E-state index < -0.39 is 0 Å². The number of hydrogen-bond donors (Lipinski definition) is 0. The van der Waals surface area contributed by atoms with Gasteiger partial charge >= 0.3 is 0 Å². The number of benzene rings is 2. The Balaban J connectivity index is 1.36. The standard InChI is InChI=1S/C23H23FN6O2/c1-14(2)23(31)29-9-7-15(8-10-29)22-26-20-11-16(3-6-21(20)32-22)18-5-4-17(12-19(18)24)30-13-25-27-28-30/h3-6,11-15H,7-10H2,1-2H3. The summed E-state index contributed by atoms with van der Waals surface area (Å²) < 4.78 is 22.2. The van der Waals surface area contributed by atoms with Gasteiger partial charge in [-0.25, -0.2) is 14.1 Å². The summed E-state index contributed by atoms with van der Waals surface area (Å²) in [5.41, 5.74) is 3.10. The topological polar surface area (TPSA) is 89.9 Å². The van der Waals surface area contributed by atoms with E-state index in [1.54, 1.807) is 12.1 Å². The third kappa shape index (κ3) is 3.74. The van der Waals surface area contributed by atoms with Gasteiger partial charge in [-0.15, -0.1) is 5.10 Å². The predicted molar refractivity (Wildman–Crippen MR) is 116 cm³/mol. The van der Waals surface area contributed by atoms with Crippen LogP contribution in [0.2, 0.25) is 0 Å². The second-order valence-corrected chi connectivity index (χ2v) is 8.41. The second-order valence-electron chi connectivity index (χ2n) is 8.41. The van der Waals surface area contributed by atoms with Crippen molar-refractivity contribution < 1.29 is 13.6 Å². The van der Waals surface area contributed by atoms with E-state index in [1.807, 2.05) is 36.9 Å². The van der Waals surface area contributed by atoms with Crippen molar-refractivity contribution in [3.63, 3.8) is 0 Å². The van der Waals surface area contributed by atoms with E-state index in [1.165, 1.54) is 17.1 Å². The molecule has 4 aromatic rings. The summed E-state index contributed by atoms with van der Waals surface area (Å²) in [5.74, 6) is 0.691. The SMILES string of the molecule is CC(C)C(=O)N1CCC(c2nc3cc(-c4ccc(-n5cnnn5)cc4F)ccc3o2)CC1. The Morgan fingerprint density at radius 2 is 1.97 bits per heavy atom. The number of rotatable bonds is 4. The van der Waals surface area contributed by atoms with Crippen molar-refractivity contribution in [3.8, 4) is 16.8 Å². The molecule has 0 aliphatic carbocycles. The van der Waals surface area contributed by atoms with Crippen molar-refractivity contribution >= 4 is 17.0 Å². The van der Waals surface area contributed by atoms with Gasteiger partial charge in [0.05, 0.1) is 5.69 Å². The molecule has 0 atom stereocenters. The van der Waals surface area contributed by atoms with Crippen LogP contribution in [0.1, 0.15) is 38.5 Å². The van der Waals surface area contributed by atoms with Crippen molar-refractivity contribution in [2.75, 3.05) is 13.1 Å². The molecule has 0 spiro atoms. The molecule has 32 heavy (non-hydrogen) atoms. The lowest BCUT2D eigenvalue weighted by molar-refractivity contribution is -0.135. The molecule has 1 fully saturated rings. The summed E-state index contributed by atoms with van der Waals surface area (Å²) in [4.78, 5) is 18.8. The number of tetrazole rings is 1. The van der Waals surface area contributed by atoms with Crippen LogP contribution >= 0.6 is 0 Å². The molecule has 3 heterocycles. The van der Waals surface area contributed by atoms with Crippen LogP contribution in [0, 0.1) is 11.7 Å². The monoisotopic (exact) mass is 434 g/mol. The normalized spacial score (nSPS) is 15.1. The van der Waals surface area contributed by atoms with Gasteiger partial charge in [-0.2, -0.15) is 0 Å². The fourth-order valence-electron chi connectivity index (χ4n) is 4.16. The molecule has 0 saturated carbocycles. The minimum atomic E-state index is -0.372. The first-order chi connectivity index (χ1) is 15.5. The van der Waals surface area contributed by atoms with Crippen molar-refractivity contribution in [2.24, 2.45) is 5.92 Å². The van der Waals surface area contributed by atoms with Crippen molar-refractivity contribution in [3.05, 3.63) is 54.4 Å². The Kier molecular flexibility index (Phi) is 5.16. The van der Waals surface area contributed by atoms with E-state index in [-0.39, 0.29) is 23.6 Å². The molecule has 9 heteroatoms. The van der Waals surface area contributed by atoms with Gasteiger partial charge in [0.15, 0.2) is 11.5 Å². The van der Waals surface area contributed by atoms with E-state index in [9.17, 15) is 9.18 Å². The van der Waals surface area contributed by atoms with Crippen LogP contribution in [0.15, 0.2) is 47.1 Å². The summed E-state index contributed by atoms with van der Waals surface area (Å²) in [6.45, 7) is 5.28. The smallest absolute Gasteiger partial charge is 0.225 e. The van der Waals surface area contributed by atoms with E-state index in [0.717, 1.165) is 18.4 Å².